The van der Waals surface area contributed by atoms with Crippen LogP contribution in [0.3, 0.4) is 0 Å². The van der Waals surface area contributed by atoms with E-state index in [2.05, 4.69) is 36.8 Å². The molecule has 17 heavy (non-hydrogen) atoms. The van der Waals surface area contributed by atoms with Crippen molar-refractivity contribution in [3.05, 3.63) is 54.5 Å². The smallest absolute Gasteiger partial charge is 1.00 e. The van der Waals surface area contributed by atoms with Crippen molar-refractivity contribution >= 4 is 0 Å². The van der Waals surface area contributed by atoms with Gasteiger partial charge in [-0.15, -0.1) is 25.0 Å². The van der Waals surface area contributed by atoms with Crippen LogP contribution < -0.4 is 34.0 Å². The van der Waals surface area contributed by atoms with E-state index >= 15 is 0 Å². The van der Waals surface area contributed by atoms with Gasteiger partial charge in [-0.05, 0) is 12.3 Å². The maximum Gasteiger partial charge on any atom is 4.00 e. The van der Waals surface area contributed by atoms with Crippen LogP contribution in [0, 0.1) is 18.4 Å². The average molecular weight is 392 g/mol. The van der Waals surface area contributed by atoms with Crippen LogP contribution in [0.2, 0.25) is 0 Å². The van der Waals surface area contributed by atoms with Gasteiger partial charge in [-0.25, -0.2) is 30.2 Å². The molecule has 0 N–H and O–H groups in total. The monoisotopic (exact) mass is 390 g/mol. The van der Waals surface area contributed by atoms with Gasteiger partial charge in [-0.2, -0.15) is 6.08 Å². The number of hydrogen-bond donors (Lipinski definition) is 0. The van der Waals surface area contributed by atoms with Gasteiger partial charge in [-0.1, -0.05) is 6.42 Å². The molecule has 0 aromatic carbocycles. The molecule has 1 fully saturated rings. The molecule has 3 heteroatoms. The van der Waals surface area contributed by atoms with Gasteiger partial charge in [0.05, 0.1) is 0 Å². The van der Waals surface area contributed by atoms with Gasteiger partial charge in [0.1, 0.15) is 0 Å². The fraction of sp³-hybridized carbons (Fsp3) is 0.357. The molecule has 0 saturated heterocycles. The van der Waals surface area contributed by atoms with Gasteiger partial charge in [0.2, 0.25) is 0 Å². The van der Waals surface area contributed by atoms with Crippen LogP contribution in [-0.2, 0) is 21.7 Å². The molecule has 3 aliphatic rings. The molecular weight excluding hydrogens is 376 g/mol. The maximum absolute atomic E-state index is 2.99. The van der Waals surface area contributed by atoms with Crippen molar-refractivity contribution in [2.45, 2.75) is 25.7 Å². The summed E-state index contributed by atoms with van der Waals surface area (Å²) in [5, 5.41) is 0. The van der Waals surface area contributed by atoms with Crippen LogP contribution in [0.15, 0.2) is 42.0 Å². The number of halogens is 2. The third-order valence-electron chi connectivity index (χ3n) is 2.80. The minimum Gasteiger partial charge on any atom is -1.00 e. The number of fused-ring (bicyclic) bond motifs is 1. The van der Waals surface area contributed by atoms with Crippen LogP contribution >= 0.6 is 0 Å². The van der Waals surface area contributed by atoms with Gasteiger partial charge in [0.25, 0.3) is 0 Å². The molecule has 3 aliphatic carbocycles. The first-order valence-corrected chi connectivity index (χ1v) is 5.38. The van der Waals surface area contributed by atoms with E-state index in [-0.39, 0.29) is 55.7 Å². The average Bonchev–Trinajstić information content (AvgIpc) is 2.92. The van der Waals surface area contributed by atoms with Crippen LogP contribution in [0.1, 0.15) is 25.7 Å². The molecular formula is C14H16Br2Ti. The van der Waals surface area contributed by atoms with E-state index in [1.54, 1.807) is 5.57 Å². The quantitative estimate of drug-likeness (QED) is 0.325. The van der Waals surface area contributed by atoms with Crippen LogP contribution in [0.5, 0.6) is 0 Å². The summed E-state index contributed by atoms with van der Waals surface area (Å²) in [7, 11) is 0. The molecule has 0 aliphatic heterocycles. The van der Waals surface area contributed by atoms with Gasteiger partial charge in [0.15, 0.2) is 0 Å². The third-order valence-corrected chi connectivity index (χ3v) is 2.80. The number of hydrogen-bond acceptors (Lipinski definition) is 0. The van der Waals surface area contributed by atoms with Crippen molar-refractivity contribution in [3.63, 3.8) is 0 Å². The zero-order valence-electron chi connectivity index (χ0n) is 9.70. The summed E-state index contributed by atoms with van der Waals surface area (Å²) >= 11 is 0. The summed E-state index contributed by atoms with van der Waals surface area (Å²) in [6.45, 7) is 0. The van der Waals surface area contributed by atoms with E-state index in [9.17, 15) is 0 Å². The van der Waals surface area contributed by atoms with E-state index in [4.69, 9.17) is 0 Å². The van der Waals surface area contributed by atoms with Gasteiger partial charge in [-0.3, -0.25) is 6.08 Å². The second-order valence-corrected chi connectivity index (χ2v) is 3.81. The normalized spacial score (nSPS) is 21.6. The Balaban J connectivity index is 0. The second-order valence-electron chi connectivity index (χ2n) is 3.81. The first-order chi connectivity index (χ1) is 6.97. The molecule has 0 nitrogen and oxygen atoms in total. The van der Waals surface area contributed by atoms with Crippen molar-refractivity contribution in [2.75, 3.05) is 0 Å². The Morgan fingerprint density at radius 1 is 1.18 bits per heavy atom. The number of rotatable bonds is 0. The molecule has 0 amide bonds. The Labute approximate surface area is 141 Å². The summed E-state index contributed by atoms with van der Waals surface area (Å²) in [5.74, 6) is 0.884. The minimum absolute atomic E-state index is 0. The van der Waals surface area contributed by atoms with E-state index in [1.807, 2.05) is 12.2 Å². The van der Waals surface area contributed by atoms with Crippen molar-refractivity contribution in [2.24, 2.45) is 5.92 Å². The Morgan fingerprint density at radius 2 is 2.00 bits per heavy atom. The molecule has 0 bridgehead atoms. The predicted octanol–water partition coefficient (Wildman–Crippen LogP) is -2.20. The molecule has 1 atom stereocenters. The fourth-order valence-corrected chi connectivity index (χ4v) is 2.00. The molecule has 0 aromatic rings. The minimum atomic E-state index is 0. The summed E-state index contributed by atoms with van der Waals surface area (Å²) in [5.41, 5.74) is 1.58. The molecule has 0 spiro atoms. The summed E-state index contributed by atoms with van der Waals surface area (Å²) < 4.78 is 0. The SMILES string of the molecule is C1=CCC2CC[CH-]C2=C1.[Br-].[Br-].[C-]1=CC=CC1.[Ti+4]. The first-order valence-electron chi connectivity index (χ1n) is 5.38. The molecule has 0 heterocycles. The Hall–Kier alpha value is 0.504. The topological polar surface area (TPSA) is 0 Å². The maximum atomic E-state index is 2.99. The fourth-order valence-electron chi connectivity index (χ4n) is 2.00. The molecule has 0 radical (unpaired) electrons. The van der Waals surface area contributed by atoms with Crippen molar-refractivity contribution in [1.29, 1.82) is 0 Å². The van der Waals surface area contributed by atoms with Crippen LogP contribution in [0.25, 0.3) is 0 Å². The molecule has 90 valence electrons. The molecule has 1 saturated carbocycles. The van der Waals surface area contributed by atoms with Gasteiger partial charge < -0.3 is 34.0 Å². The van der Waals surface area contributed by atoms with Crippen LogP contribution in [0.4, 0.5) is 0 Å². The van der Waals surface area contributed by atoms with Crippen LogP contribution in [-0.4, -0.2) is 0 Å². The van der Waals surface area contributed by atoms with Crippen molar-refractivity contribution < 1.29 is 55.7 Å². The van der Waals surface area contributed by atoms with Gasteiger partial charge in [0, 0.05) is 0 Å². The Kier molecular flexibility index (Phi) is 13.5. The molecule has 0 aromatic heterocycles. The zero-order valence-corrected chi connectivity index (χ0v) is 14.4. The van der Waals surface area contributed by atoms with E-state index in [1.165, 1.54) is 19.3 Å². The zero-order chi connectivity index (χ0) is 9.64. The Morgan fingerprint density at radius 3 is 2.53 bits per heavy atom. The van der Waals surface area contributed by atoms with Crippen molar-refractivity contribution in [3.8, 4) is 0 Å². The van der Waals surface area contributed by atoms with Gasteiger partial charge >= 0.3 is 21.7 Å². The molecule has 3 rings (SSSR count). The predicted molar refractivity (Wildman–Crippen MR) is 60.4 cm³/mol. The van der Waals surface area contributed by atoms with E-state index < -0.39 is 0 Å². The number of allylic oxidation sites excluding steroid dienone is 8. The summed E-state index contributed by atoms with van der Waals surface area (Å²) in [4.78, 5) is 0. The summed E-state index contributed by atoms with van der Waals surface area (Å²) in [6, 6.07) is 0. The van der Waals surface area contributed by atoms with Crippen molar-refractivity contribution in [1.82, 2.24) is 0 Å². The standard InChI is InChI=1S/C9H11.C5H5.2BrH.Ti/c1-2-5-9-7-3-6-8(9)4-1;1-2-4-5-3-1;;;/h1-2,4,6,9H,3,5,7H2;1-3H,4H2;2*1H;/q2*-1;;;+4/p-2. The largest absolute Gasteiger partial charge is 4.00 e. The molecule has 1 unspecified atom stereocenters. The first kappa shape index (κ1) is 19.8. The summed E-state index contributed by atoms with van der Waals surface area (Å²) in [6.07, 6.45) is 23.0. The second kappa shape index (κ2) is 11.6. The Bertz CT molecular complexity index is 293. The third kappa shape index (κ3) is 6.86. The van der Waals surface area contributed by atoms with E-state index in [0.717, 1.165) is 12.3 Å². The van der Waals surface area contributed by atoms with E-state index in [0.29, 0.717) is 0 Å².